The lowest BCUT2D eigenvalue weighted by atomic mass is 9.91. The second-order valence-corrected chi connectivity index (χ2v) is 7.39. The molecule has 2 aliphatic heterocycles. The van der Waals surface area contributed by atoms with Crippen molar-refractivity contribution in [2.45, 2.75) is 57.9 Å². The molecular weight excluding hydrogens is 352 g/mol. The average Bonchev–Trinajstić information content (AvgIpc) is 3.35. The zero-order valence-corrected chi connectivity index (χ0v) is 15.9. The molecule has 1 aromatic heterocycles. The predicted octanol–water partition coefficient (Wildman–Crippen LogP) is 0.857. The van der Waals surface area contributed by atoms with Crippen LogP contribution in [0.4, 0.5) is 0 Å². The first kappa shape index (κ1) is 19.3. The van der Waals surface area contributed by atoms with Gasteiger partial charge >= 0.3 is 5.97 Å². The summed E-state index contributed by atoms with van der Waals surface area (Å²) >= 11 is 0. The molecular formula is C18H26N4O5. The van der Waals surface area contributed by atoms with E-state index in [9.17, 15) is 14.4 Å². The van der Waals surface area contributed by atoms with Crippen LogP contribution in [0.1, 0.15) is 50.4 Å². The van der Waals surface area contributed by atoms with Crippen molar-refractivity contribution in [3.05, 3.63) is 11.4 Å². The van der Waals surface area contributed by atoms with Crippen LogP contribution in [0.2, 0.25) is 0 Å². The highest BCUT2D eigenvalue weighted by Crippen LogP contribution is 2.35. The van der Waals surface area contributed by atoms with Crippen molar-refractivity contribution >= 4 is 17.8 Å². The number of aromatic nitrogens is 2. The Morgan fingerprint density at radius 1 is 1.11 bits per heavy atom. The molecule has 148 valence electrons. The molecule has 3 rings (SSSR count). The number of nitrogens with zero attached hydrogens (tertiary/aromatic N) is 4. The number of aryl methyl sites for hydroxylation is 1. The molecule has 1 unspecified atom stereocenters. The van der Waals surface area contributed by atoms with Crippen molar-refractivity contribution in [2.24, 2.45) is 0 Å². The van der Waals surface area contributed by atoms with Crippen LogP contribution in [-0.4, -0.2) is 69.7 Å². The summed E-state index contributed by atoms with van der Waals surface area (Å²) in [6.45, 7) is 5.12. The van der Waals surface area contributed by atoms with E-state index in [1.54, 1.807) is 11.8 Å². The number of hydrogen-bond donors (Lipinski definition) is 0. The van der Waals surface area contributed by atoms with E-state index in [-0.39, 0.29) is 31.3 Å². The van der Waals surface area contributed by atoms with E-state index in [2.05, 4.69) is 14.9 Å². The summed E-state index contributed by atoms with van der Waals surface area (Å²) in [6, 6.07) is 0. The van der Waals surface area contributed by atoms with Gasteiger partial charge in [-0.3, -0.25) is 14.4 Å². The second-order valence-electron chi connectivity index (χ2n) is 7.39. The molecule has 9 nitrogen and oxygen atoms in total. The van der Waals surface area contributed by atoms with Gasteiger partial charge in [-0.1, -0.05) is 10.3 Å². The SMILES string of the molecule is CC(=O)OCC1(CC(=O)N2CCCC2)CCCN1C(=O)Cc1nonc1C. The molecule has 1 aromatic rings. The van der Waals surface area contributed by atoms with Gasteiger partial charge in [-0.2, -0.15) is 0 Å². The molecule has 0 radical (unpaired) electrons. The molecule has 0 aromatic carbocycles. The first-order chi connectivity index (χ1) is 12.9. The van der Waals surface area contributed by atoms with E-state index < -0.39 is 11.5 Å². The van der Waals surface area contributed by atoms with Crippen LogP contribution in [0, 0.1) is 6.92 Å². The summed E-state index contributed by atoms with van der Waals surface area (Å²) in [4.78, 5) is 40.7. The van der Waals surface area contributed by atoms with E-state index in [0.717, 1.165) is 32.4 Å². The maximum absolute atomic E-state index is 13.0. The summed E-state index contributed by atoms with van der Waals surface area (Å²) < 4.78 is 9.95. The normalized spacial score (nSPS) is 22.3. The van der Waals surface area contributed by atoms with E-state index in [0.29, 0.717) is 24.4 Å². The van der Waals surface area contributed by atoms with E-state index in [1.807, 2.05) is 4.90 Å². The second kappa shape index (κ2) is 8.06. The molecule has 0 bridgehead atoms. The average molecular weight is 378 g/mol. The molecule has 3 heterocycles. The number of esters is 1. The van der Waals surface area contributed by atoms with E-state index in [1.165, 1.54) is 6.92 Å². The minimum Gasteiger partial charge on any atom is -0.463 e. The van der Waals surface area contributed by atoms with E-state index in [4.69, 9.17) is 4.74 Å². The fourth-order valence-corrected chi connectivity index (χ4v) is 3.96. The van der Waals surface area contributed by atoms with Gasteiger partial charge in [0.05, 0.1) is 18.4 Å². The predicted molar refractivity (Wildman–Crippen MR) is 93.5 cm³/mol. The van der Waals surface area contributed by atoms with Gasteiger partial charge in [0.15, 0.2) is 0 Å². The van der Waals surface area contributed by atoms with Gasteiger partial charge in [0.25, 0.3) is 0 Å². The van der Waals surface area contributed by atoms with Gasteiger partial charge < -0.3 is 14.5 Å². The van der Waals surface area contributed by atoms with Gasteiger partial charge in [0.2, 0.25) is 11.8 Å². The molecule has 2 amide bonds. The largest absolute Gasteiger partial charge is 0.463 e. The quantitative estimate of drug-likeness (QED) is 0.676. The summed E-state index contributed by atoms with van der Waals surface area (Å²) in [5, 5.41) is 7.48. The van der Waals surface area contributed by atoms with Crippen molar-refractivity contribution in [1.82, 2.24) is 20.1 Å². The Kier molecular flexibility index (Phi) is 5.76. The molecule has 9 heteroatoms. The fourth-order valence-electron chi connectivity index (χ4n) is 3.96. The van der Waals surface area contributed by atoms with Crippen molar-refractivity contribution < 1.29 is 23.7 Å². The number of rotatable bonds is 6. The monoisotopic (exact) mass is 378 g/mol. The lowest BCUT2D eigenvalue weighted by molar-refractivity contribution is -0.152. The standard InChI is InChI=1S/C18H26N4O5/c1-13-15(20-27-19-13)10-16(24)22-9-5-6-18(22,12-26-14(2)23)11-17(25)21-7-3-4-8-21/h3-12H2,1-2H3. The third-order valence-corrected chi connectivity index (χ3v) is 5.45. The lowest BCUT2D eigenvalue weighted by Crippen LogP contribution is -2.54. The number of ether oxygens (including phenoxy) is 1. The summed E-state index contributed by atoms with van der Waals surface area (Å²) in [7, 11) is 0. The molecule has 0 aliphatic carbocycles. The van der Waals surface area contributed by atoms with Crippen LogP contribution in [0.15, 0.2) is 4.63 Å². The smallest absolute Gasteiger partial charge is 0.302 e. The van der Waals surface area contributed by atoms with Crippen LogP contribution in [-0.2, 0) is 25.5 Å². The van der Waals surface area contributed by atoms with Gasteiger partial charge in [-0.05, 0) is 32.6 Å². The fraction of sp³-hybridized carbons (Fsp3) is 0.722. The van der Waals surface area contributed by atoms with Crippen molar-refractivity contribution in [3.8, 4) is 0 Å². The first-order valence-electron chi connectivity index (χ1n) is 9.41. The zero-order valence-electron chi connectivity index (χ0n) is 15.9. The van der Waals surface area contributed by atoms with Crippen LogP contribution in [0.25, 0.3) is 0 Å². The highest BCUT2D eigenvalue weighted by Gasteiger charge is 2.47. The molecule has 27 heavy (non-hydrogen) atoms. The minimum atomic E-state index is -0.798. The summed E-state index contributed by atoms with van der Waals surface area (Å²) in [5.41, 5.74) is 0.258. The van der Waals surface area contributed by atoms with Crippen LogP contribution >= 0.6 is 0 Å². The maximum Gasteiger partial charge on any atom is 0.302 e. The Bertz CT molecular complexity index is 712. The Morgan fingerprint density at radius 3 is 2.48 bits per heavy atom. The van der Waals surface area contributed by atoms with Crippen LogP contribution in [0.3, 0.4) is 0 Å². The van der Waals surface area contributed by atoms with Gasteiger partial charge in [0.1, 0.15) is 18.0 Å². The van der Waals surface area contributed by atoms with Crippen LogP contribution in [0.5, 0.6) is 0 Å². The van der Waals surface area contributed by atoms with Gasteiger partial charge in [-0.25, -0.2) is 4.63 Å². The third kappa shape index (κ3) is 4.28. The number of likely N-dealkylation sites (tertiary alicyclic amines) is 2. The molecule has 2 saturated heterocycles. The third-order valence-electron chi connectivity index (χ3n) is 5.45. The number of carbonyl (C=O) groups is 3. The Balaban J connectivity index is 1.78. The topological polar surface area (TPSA) is 106 Å². The van der Waals surface area contributed by atoms with Crippen molar-refractivity contribution in [1.29, 1.82) is 0 Å². The first-order valence-corrected chi connectivity index (χ1v) is 9.41. The zero-order chi connectivity index (χ0) is 19.4. The summed E-state index contributed by atoms with van der Waals surface area (Å²) in [5.74, 6) is -0.565. The summed E-state index contributed by atoms with van der Waals surface area (Å²) in [6.07, 6.45) is 3.61. The van der Waals surface area contributed by atoms with Crippen molar-refractivity contribution in [2.75, 3.05) is 26.2 Å². The lowest BCUT2D eigenvalue weighted by Gasteiger charge is -2.38. The molecule has 2 fully saturated rings. The molecule has 1 atom stereocenters. The Labute approximate surface area is 158 Å². The number of amides is 2. The van der Waals surface area contributed by atoms with Gasteiger partial charge in [-0.15, -0.1) is 0 Å². The van der Waals surface area contributed by atoms with Crippen LogP contribution < -0.4 is 0 Å². The Hall–Kier alpha value is -2.45. The Morgan fingerprint density at radius 2 is 1.85 bits per heavy atom. The molecule has 0 N–H and O–H groups in total. The van der Waals surface area contributed by atoms with Gasteiger partial charge in [0, 0.05) is 26.6 Å². The van der Waals surface area contributed by atoms with E-state index >= 15 is 0 Å². The highest BCUT2D eigenvalue weighted by molar-refractivity contribution is 5.83. The van der Waals surface area contributed by atoms with Crippen molar-refractivity contribution in [3.63, 3.8) is 0 Å². The molecule has 2 aliphatic rings. The number of carbonyl (C=O) groups excluding carboxylic acids is 3. The maximum atomic E-state index is 13.0. The highest BCUT2D eigenvalue weighted by atomic mass is 16.6. The number of hydrogen-bond acceptors (Lipinski definition) is 7. The minimum absolute atomic E-state index is 0.0126. The molecule has 0 spiro atoms. The molecule has 0 saturated carbocycles.